The maximum absolute atomic E-state index is 12.7. The summed E-state index contributed by atoms with van der Waals surface area (Å²) in [5.41, 5.74) is 1.97. The molecule has 1 aromatic carbocycles. The summed E-state index contributed by atoms with van der Waals surface area (Å²) in [6, 6.07) is 9.97. The maximum atomic E-state index is 12.7. The number of thiophene rings is 1. The third kappa shape index (κ3) is 4.62. The topological polar surface area (TPSA) is 61.9 Å². The van der Waals surface area contributed by atoms with E-state index in [9.17, 15) is 9.59 Å². The molecule has 0 unspecified atom stereocenters. The minimum atomic E-state index is 0.0495. The highest BCUT2D eigenvalue weighted by molar-refractivity contribution is 7.14. The molecule has 0 bridgehead atoms. The normalized spacial score (nSPS) is 17.4. The third-order valence-electron chi connectivity index (χ3n) is 5.62. The molecule has 0 saturated carbocycles. The van der Waals surface area contributed by atoms with E-state index in [2.05, 4.69) is 21.2 Å². The van der Waals surface area contributed by atoms with E-state index in [1.165, 1.54) is 0 Å². The van der Waals surface area contributed by atoms with Crippen LogP contribution < -0.4 is 15.0 Å². The van der Waals surface area contributed by atoms with Gasteiger partial charge in [-0.15, -0.1) is 11.3 Å². The van der Waals surface area contributed by atoms with Gasteiger partial charge in [0.15, 0.2) is 5.78 Å². The van der Waals surface area contributed by atoms with Gasteiger partial charge in [0, 0.05) is 50.4 Å². The number of piperazine rings is 1. The van der Waals surface area contributed by atoms with Gasteiger partial charge in [-0.3, -0.25) is 14.5 Å². The van der Waals surface area contributed by atoms with Crippen molar-refractivity contribution in [1.29, 1.82) is 0 Å². The Morgan fingerprint density at radius 2 is 1.97 bits per heavy atom. The lowest BCUT2D eigenvalue weighted by Gasteiger charge is -2.36. The molecule has 2 aliphatic rings. The van der Waals surface area contributed by atoms with Crippen LogP contribution in [-0.4, -0.2) is 56.4 Å². The number of methoxy groups -OCH3 is 1. The van der Waals surface area contributed by atoms with Crippen LogP contribution in [0.4, 0.5) is 11.4 Å². The molecule has 1 aromatic heterocycles. The summed E-state index contributed by atoms with van der Waals surface area (Å²) in [5, 5.41) is 2.93. The molecule has 6 nitrogen and oxygen atoms in total. The first-order valence-electron chi connectivity index (χ1n) is 10.2. The van der Waals surface area contributed by atoms with E-state index in [0.29, 0.717) is 12.8 Å². The molecule has 29 heavy (non-hydrogen) atoms. The van der Waals surface area contributed by atoms with Crippen molar-refractivity contribution >= 4 is 34.4 Å². The van der Waals surface area contributed by atoms with Crippen molar-refractivity contribution in [1.82, 2.24) is 4.90 Å². The first kappa shape index (κ1) is 19.9. The van der Waals surface area contributed by atoms with Crippen molar-refractivity contribution < 1.29 is 14.3 Å². The number of rotatable bonds is 6. The number of hydrogen-bond acceptors (Lipinski definition) is 6. The largest absolute Gasteiger partial charge is 0.495 e. The number of nitrogens with one attached hydrogen (secondary N) is 1. The number of Topliss-reactive ketones (excluding diaryl/α,β-unsaturated/α-hetero) is 1. The molecule has 2 aliphatic heterocycles. The zero-order valence-corrected chi connectivity index (χ0v) is 17.6. The highest BCUT2D eigenvalue weighted by Gasteiger charge is 2.22. The van der Waals surface area contributed by atoms with Crippen LogP contribution in [0.2, 0.25) is 0 Å². The molecular weight excluding hydrogens is 386 g/mol. The zero-order chi connectivity index (χ0) is 20.2. The fourth-order valence-corrected chi connectivity index (χ4v) is 5.09. The van der Waals surface area contributed by atoms with Crippen LogP contribution in [0.1, 0.15) is 33.8 Å². The van der Waals surface area contributed by atoms with Gasteiger partial charge in [-0.2, -0.15) is 0 Å². The van der Waals surface area contributed by atoms with E-state index in [1.54, 1.807) is 18.4 Å². The Labute approximate surface area is 175 Å². The van der Waals surface area contributed by atoms with Gasteiger partial charge in [0.05, 0.1) is 23.4 Å². The molecule has 1 N–H and O–H groups in total. The molecule has 0 aliphatic carbocycles. The quantitative estimate of drug-likeness (QED) is 0.736. The van der Waals surface area contributed by atoms with Crippen molar-refractivity contribution in [3.63, 3.8) is 0 Å². The molecule has 1 fully saturated rings. The fourth-order valence-electron chi connectivity index (χ4n) is 3.97. The summed E-state index contributed by atoms with van der Waals surface area (Å²) in [5.74, 6) is 1.12. The van der Waals surface area contributed by atoms with Crippen molar-refractivity contribution in [2.24, 2.45) is 0 Å². The molecule has 1 amide bonds. The van der Waals surface area contributed by atoms with E-state index in [0.717, 1.165) is 72.4 Å². The molecule has 0 spiro atoms. The standard InChI is InChI=1S/C22H27N3O3S/c1-28-19-6-3-2-5-17(19)25-13-11-24(12-14-25)10-9-18(26)21-15-16-20(29-21)7-4-8-22(27)23-16/h2-3,5-6,15H,4,7-14H2,1H3,(H,23,27). The van der Waals surface area contributed by atoms with Crippen LogP contribution in [0.25, 0.3) is 0 Å². The molecule has 154 valence electrons. The summed E-state index contributed by atoms with van der Waals surface area (Å²) in [6.45, 7) is 4.49. The van der Waals surface area contributed by atoms with E-state index >= 15 is 0 Å². The zero-order valence-electron chi connectivity index (χ0n) is 16.8. The molecular formula is C22H27N3O3S. The Morgan fingerprint density at radius 1 is 1.17 bits per heavy atom. The first-order chi connectivity index (χ1) is 14.1. The number of fused-ring (bicyclic) bond motifs is 1. The number of benzene rings is 1. The van der Waals surface area contributed by atoms with Crippen LogP contribution in [0.5, 0.6) is 5.75 Å². The Morgan fingerprint density at radius 3 is 2.76 bits per heavy atom. The Hall–Kier alpha value is -2.38. The van der Waals surface area contributed by atoms with Gasteiger partial charge in [-0.25, -0.2) is 0 Å². The SMILES string of the molecule is COc1ccccc1N1CCN(CCC(=O)c2cc3c(s2)CCCC(=O)N3)CC1. The van der Waals surface area contributed by atoms with Gasteiger partial charge in [0.2, 0.25) is 5.91 Å². The molecule has 0 atom stereocenters. The fraction of sp³-hybridized carbons (Fsp3) is 0.455. The predicted octanol–water partition coefficient (Wildman–Crippen LogP) is 3.43. The second kappa shape index (κ2) is 8.97. The lowest BCUT2D eigenvalue weighted by molar-refractivity contribution is -0.116. The van der Waals surface area contributed by atoms with E-state index in [-0.39, 0.29) is 11.7 Å². The number of carbonyl (C=O) groups excluding carboxylic acids is 2. The van der Waals surface area contributed by atoms with E-state index in [1.807, 2.05) is 24.3 Å². The van der Waals surface area contributed by atoms with Crippen molar-refractivity contribution in [2.75, 3.05) is 50.1 Å². The minimum absolute atomic E-state index is 0.0495. The average Bonchev–Trinajstić information content (AvgIpc) is 3.06. The second-order valence-electron chi connectivity index (χ2n) is 7.52. The summed E-state index contributed by atoms with van der Waals surface area (Å²) >= 11 is 1.54. The van der Waals surface area contributed by atoms with Crippen LogP contribution in [-0.2, 0) is 11.2 Å². The number of carbonyl (C=O) groups is 2. The van der Waals surface area contributed by atoms with Crippen LogP contribution in [0, 0.1) is 0 Å². The van der Waals surface area contributed by atoms with Gasteiger partial charge in [-0.1, -0.05) is 12.1 Å². The van der Waals surface area contributed by atoms with Crippen LogP contribution >= 0.6 is 11.3 Å². The molecule has 2 aromatic rings. The number of para-hydroxylation sites is 2. The van der Waals surface area contributed by atoms with Gasteiger partial charge in [0.1, 0.15) is 5.75 Å². The lowest BCUT2D eigenvalue weighted by atomic mass is 10.2. The summed E-state index contributed by atoms with van der Waals surface area (Å²) in [6.07, 6.45) is 2.80. The first-order valence-corrected chi connectivity index (χ1v) is 11.0. The van der Waals surface area contributed by atoms with Crippen LogP contribution in [0.3, 0.4) is 0 Å². The van der Waals surface area contributed by atoms with E-state index < -0.39 is 0 Å². The van der Waals surface area contributed by atoms with Gasteiger partial charge in [-0.05, 0) is 31.0 Å². The second-order valence-corrected chi connectivity index (χ2v) is 8.66. The van der Waals surface area contributed by atoms with Gasteiger partial charge in [0.25, 0.3) is 0 Å². The monoisotopic (exact) mass is 413 g/mol. The smallest absolute Gasteiger partial charge is 0.224 e. The highest BCUT2D eigenvalue weighted by atomic mass is 32.1. The molecule has 3 heterocycles. The molecule has 4 rings (SSSR count). The summed E-state index contributed by atoms with van der Waals surface area (Å²) in [7, 11) is 1.70. The van der Waals surface area contributed by atoms with Gasteiger partial charge < -0.3 is 15.0 Å². The number of amides is 1. The maximum Gasteiger partial charge on any atom is 0.224 e. The molecule has 1 saturated heterocycles. The molecule has 7 heteroatoms. The van der Waals surface area contributed by atoms with E-state index in [4.69, 9.17) is 4.74 Å². The van der Waals surface area contributed by atoms with Crippen molar-refractivity contribution in [3.8, 4) is 5.75 Å². The number of anilines is 2. The van der Waals surface area contributed by atoms with Crippen molar-refractivity contribution in [3.05, 3.63) is 40.1 Å². The number of nitrogens with zero attached hydrogens (tertiary/aromatic N) is 2. The number of ketones is 1. The average molecular weight is 414 g/mol. The van der Waals surface area contributed by atoms with Crippen LogP contribution in [0.15, 0.2) is 30.3 Å². The Kier molecular flexibility index (Phi) is 6.16. The number of hydrogen-bond donors (Lipinski definition) is 1. The van der Waals surface area contributed by atoms with Crippen molar-refractivity contribution in [2.45, 2.75) is 25.7 Å². The Bertz CT molecular complexity index is 887. The highest BCUT2D eigenvalue weighted by Crippen LogP contribution is 2.32. The summed E-state index contributed by atoms with van der Waals surface area (Å²) in [4.78, 5) is 31.0. The minimum Gasteiger partial charge on any atom is -0.495 e. The molecule has 0 radical (unpaired) electrons. The van der Waals surface area contributed by atoms with Gasteiger partial charge >= 0.3 is 0 Å². The predicted molar refractivity (Wildman–Crippen MR) is 116 cm³/mol. The Balaban J connectivity index is 1.29. The lowest BCUT2D eigenvalue weighted by Crippen LogP contribution is -2.47. The summed E-state index contributed by atoms with van der Waals surface area (Å²) < 4.78 is 5.48. The third-order valence-corrected chi connectivity index (χ3v) is 6.85. The number of ether oxygens (including phenoxy) is 1. The number of aryl methyl sites for hydroxylation is 1.